The van der Waals surface area contributed by atoms with Crippen molar-refractivity contribution in [1.82, 2.24) is 0 Å². The first-order chi connectivity index (χ1) is 8.08. The van der Waals surface area contributed by atoms with Crippen molar-refractivity contribution in [2.45, 2.75) is 13.3 Å². The van der Waals surface area contributed by atoms with Gasteiger partial charge in [0.2, 0.25) is 5.91 Å². The van der Waals surface area contributed by atoms with E-state index in [9.17, 15) is 4.79 Å². The maximum atomic E-state index is 11.9. The summed E-state index contributed by atoms with van der Waals surface area (Å²) in [4.78, 5) is 11.9. The van der Waals surface area contributed by atoms with E-state index in [0.29, 0.717) is 24.6 Å². The number of nitrogens with two attached hydrogens (primary N) is 1. The molecule has 1 aliphatic heterocycles. The molecule has 0 spiro atoms. The van der Waals surface area contributed by atoms with E-state index in [0.717, 1.165) is 16.5 Å². The summed E-state index contributed by atoms with van der Waals surface area (Å²) in [6.07, 6.45) is 0.777. The molecule has 0 saturated carbocycles. The third-order valence-corrected chi connectivity index (χ3v) is 3.37. The Morgan fingerprint density at radius 3 is 3.00 bits per heavy atom. The van der Waals surface area contributed by atoms with Crippen molar-refractivity contribution in [3.05, 3.63) is 22.2 Å². The minimum Gasteiger partial charge on any atom is -0.397 e. The molecule has 2 rings (SSSR count). The number of carbonyl (C=O) groups is 1. The highest BCUT2D eigenvalue weighted by atomic mass is 79.9. The number of hydrogen-bond acceptors (Lipinski definition) is 3. The Hall–Kier alpha value is -1.07. The Bertz CT molecular complexity index is 442. The van der Waals surface area contributed by atoms with Crippen molar-refractivity contribution in [1.29, 1.82) is 0 Å². The lowest BCUT2D eigenvalue weighted by atomic mass is 10.1. The lowest BCUT2D eigenvalue weighted by Gasteiger charge is -2.13. The fraction of sp³-hybridized carbons (Fsp3) is 0.417. The molecular formula is C12H15BrN2O2. The second kappa shape index (κ2) is 5.06. The van der Waals surface area contributed by atoms with Crippen LogP contribution in [0, 0.1) is 12.8 Å². The van der Waals surface area contributed by atoms with Crippen molar-refractivity contribution in [2.75, 3.05) is 24.3 Å². The Kier molecular flexibility index (Phi) is 3.69. The van der Waals surface area contributed by atoms with Crippen molar-refractivity contribution in [3.63, 3.8) is 0 Å². The molecule has 3 N–H and O–H groups in total. The van der Waals surface area contributed by atoms with Crippen molar-refractivity contribution in [2.24, 2.45) is 5.92 Å². The quantitative estimate of drug-likeness (QED) is 0.824. The van der Waals surface area contributed by atoms with Crippen LogP contribution in [0.1, 0.15) is 12.0 Å². The van der Waals surface area contributed by atoms with Crippen molar-refractivity contribution < 1.29 is 9.53 Å². The fourth-order valence-corrected chi connectivity index (χ4v) is 2.41. The van der Waals surface area contributed by atoms with Crippen LogP contribution in [0.15, 0.2) is 16.6 Å². The van der Waals surface area contributed by atoms with Gasteiger partial charge < -0.3 is 15.8 Å². The van der Waals surface area contributed by atoms with Gasteiger partial charge in [-0.3, -0.25) is 4.79 Å². The summed E-state index contributed by atoms with van der Waals surface area (Å²) < 4.78 is 6.10. The second-order valence-electron chi connectivity index (χ2n) is 4.23. The molecule has 1 unspecified atom stereocenters. The Labute approximate surface area is 109 Å². The van der Waals surface area contributed by atoms with E-state index in [-0.39, 0.29) is 11.8 Å². The van der Waals surface area contributed by atoms with Gasteiger partial charge in [-0.05, 0) is 31.0 Å². The minimum atomic E-state index is -0.0614. The SMILES string of the molecule is Cc1cc(Br)cc(NC(=O)C2CCOC2)c1N. The molecule has 1 atom stereocenters. The molecule has 1 aromatic rings. The van der Waals surface area contributed by atoms with Crippen LogP contribution in [0.25, 0.3) is 0 Å². The summed E-state index contributed by atoms with van der Waals surface area (Å²) in [5.74, 6) is -0.0830. The highest BCUT2D eigenvalue weighted by molar-refractivity contribution is 9.10. The number of halogens is 1. The van der Waals surface area contributed by atoms with Crippen LogP contribution in [-0.4, -0.2) is 19.1 Å². The average molecular weight is 299 g/mol. The zero-order chi connectivity index (χ0) is 12.4. The molecule has 92 valence electrons. The number of hydrogen-bond donors (Lipinski definition) is 2. The number of ether oxygens (including phenoxy) is 1. The van der Waals surface area contributed by atoms with Crippen LogP contribution in [0.3, 0.4) is 0 Å². The summed E-state index contributed by atoms with van der Waals surface area (Å²) in [7, 11) is 0. The Morgan fingerprint density at radius 1 is 1.59 bits per heavy atom. The largest absolute Gasteiger partial charge is 0.397 e. The zero-order valence-corrected chi connectivity index (χ0v) is 11.2. The predicted molar refractivity (Wildman–Crippen MR) is 70.8 cm³/mol. The van der Waals surface area contributed by atoms with Crippen molar-refractivity contribution in [3.8, 4) is 0 Å². The topological polar surface area (TPSA) is 64.3 Å². The van der Waals surface area contributed by atoms with Gasteiger partial charge in [0.15, 0.2) is 0 Å². The first-order valence-corrected chi connectivity index (χ1v) is 6.31. The number of benzene rings is 1. The summed E-state index contributed by atoms with van der Waals surface area (Å²) in [6.45, 7) is 3.07. The van der Waals surface area contributed by atoms with Gasteiger partial charge in [-0.15, -0.1) is 0 Å². The Balaban J connectivity index is 2.15. The van der Waals surface area contributed by atoms with Gasteiger partial charge in [0, 0.05) is 11.1 Å². The molecule has 1 fully saturated rings. The molecule has 1 amide bonds. The van der Waals surface area contributed by atoms with E-state index in [4.69, 9.17) is 10.5 Å². The maximum absolute atomic E-state index is 11.9. The van der Waals surface area contributed by atoms with Gasteiger partial charge in [0.1, 0.15) is 0 Å². The number of aryl methyl sites for hydroxylation is 1. The summed E-state index contributed by atoms with van der Waals surface area (Å²) in [5.41, 5.74) is 8.15. The number of rotatable bonds is 2. The molecule has 4 nitrogen and oxygen atoms in total. The average Bonchev–Trinajstić information content (AvgIpc) is 2.78. The molecule has 5 heteroatoms. The second-order valence-corrected chi connectivity index (χ2v) is 5.15. The number of anilines is 2. The first-order valence-electron chi connectivity index (χ1n) is 5.52. The van der Waals surface area contributed by atoms with E-state index in [1.54, 1.807) is 0 Å². The van der Waals surface area contributed by atoms with Gasteiger partial charge in [-0.1, -0.05) is 15.9 Å². The Morgan fingerprint density at radius 2 is 2.35 bits per heavy atom. The molecule has 17 heavy (non-hydrogen) atoms. The van der Waals surface area contributed by atoms with Gasteiger partial charge in [0.05, 0.1) is 23.9 Å². The normalized spacial score (nSPS) is 19.3. The lowest BCUT2D eigenvalue weighted by Crippen LogP contribution is -2.23. The van der Waals surface area contributed by atoms with Gasteiger partial charge >= 0.3 is 0 Å². The molecule has 1 aliphatic rings. The van der Waals surface area contributed by atoms with Crippen LogP contribution < -0.4 is 11.1 Å². The van der Waals surface area contributed by atoms with Crippen LogP contribution in [0.4, 0.5) is 11.4 Å². The smallest absolute Gasteiger partial charge is 0.229 e. The zero-order valence-electron chi connectivity index (χ0n) is 9.63. The van der Waals surface area contributed by atoms with Crippen molar-refractivity contribution >= 4 is 33.2 Å². The van der Waals surface area contributed by atoms with E-state index in [1.165, 1.54) is 0 Å². The van der Waals surface area contributed by atoms with Crippen LogP contribution in [0.5, 0.6) is 0 Å². The van der Waals surface area contributed by atoms with Crippen LogP contribution in [-0.2, 0) is 9.53 Å². The molecule has 0 bridgehead atoms. The summed E-state index contributed by atoms with van der Waals surface area (Å²) >= 11 is 3.39. The first kappa shape index (κ1) is 12.4. The maximum Gasteiger partial charge on any atom is 0.229 e. The molecule has 1 heterocycles. The van der Waals surface area contributed by atoms with Gasteiger partial charge in [0.25, 0.3) is 0 Å². The third-order valence-electron chi connectivity index (χ3n) is 2.91. The van der Waals surface area contributed by atoms with Gasteiger partial charge in [-0.25, -0.2) is 0 Å². The van der Waals surface area contributed by atoms with Crippen LogP contribution in [0.2, 0.25) is 0 Å². The number of nitrogen functional groups attached to an aromatic ring is 1. The minimum absolute atomic E-state index is 0.0216. The summed E-state index contributed by atoms with van der Waals surface area (Å²) in [5, 5.41) is 2.86. The number of carbonyl (C=O) groups excluding carboxylic acids is 1. The molecule has 1 aromatic carbocycles. The standard InChI is InChI=1S/C12H15BrN2O2/c1-7-4-9(13)5-10(11(7)14)15-12(16)8-2-3-17-6-8/h4-5,8H,2-3,6,14H2,1H3,(H,15,16). The van der Waals surface area contributed by atoms with Crippen LogP contribution >= 0.6 is 15.9 Å². The number of amides is 1. The lowest BCUT2D eigenvalue weighted by molar-refractivity contribution is -0.119. The van der Waals surface area contributed by atoms with Gasteiger partial charge in [-0.2, -0.15) is 0 Å². The van der Waals surface area contributed by atoms with E-state index in [2.05, 4.69) is 21.2 Å². The molecule has 1 saturated heterocycles. The summed E-state index contributed by atoms with van der Waals surface area (Å²) in [6, 6.07) is 3.74. The monoisotopic (exact) mass is 298 g/mol. The highest BCUT2D eigenvalue weighted by Crippen LogP contribution is 2.28. The number of nitrogens with one attached hydrogen (secondary N) is 1. The third kappa shape index (κ3) is 2.79. The van der Waals surface area contributed by atoms with E-state index >= 15 is 0 Å². The molecule has 0 aliphatic carbocycles. The molecule has 0 radical (unpaired) electrons. The van der Waals surface area contributed by atoms with E-state index < -0.39 is 0 Å². The predicted octanol–water partition coefficient (Wildman–Crippen LogP) is 2.31. The van der Waals surface area contributed by atoms with E-state index in [1.807, 2.05) is 19.1 Å². The molecule has 0 aromatic heterocycles. The fourth-order valence-electron chi connectivity index (χ4n) is 1.83. The molecular weight excluding hydrogens is 284 g/mol. The highest BCUT2D eigenvalue weighted by Gasteiger charge is 2.24.